The maximum atomic E-state index is 12.0. The molecule has 1 aliphatic heterocycles. The summed E-state index contributed by atoms with van der Waals surface area (Å²) in [5.74, 6) is 3.31. The van der Waals surface area contributed by atoms with Crippen LogP contribution in [0.15, 0.2) is 47.1 Å². The van der Waals surface area contributed by atoms with Crippen molar-refractivity contribution in [1.29, 1.82) is 0 Å². The lowest BCUT2D eigenvalue weighted by molar-refractivity contribution is -0.116. The van der Waals surface area contributed by atoms with E-state index < -0.39 is 0 Å². The number of carbonyl (C=O) groups excluding carboxylic acids is 1. The second-order valence-electron chi connectivity index (χ2n) is 5.18. The number of carbonyl (C=O) groups is 1. The molecule has 0 radical (unpaired) electrons. The average Bonchev–Trinajstić information content (AvgIpc) is 3.08. The first-order valence-electron chi connectivity index (χ1n) is 7.47. The van der Waals surface area contributed by atoms with Crippen molar-refractivity contribution in [1.82, 2.24) is 0 Å². The third kappa shape index (κ3) is 4.34. The van der Waals surface area contributed by atoms with Gasteiger partial charge in [-0.2, -0.15) is 0 Å². The quantitative estimate of drug-likeness (QED) is 0.860. The fourth-order valence-corrected chi connectivity index (χ4v) is 5.23. The topological polar surface area (TPSA) is 42.2 Å². The fraction of sp³-hybridized carbons (Fsp3) is 0.353. The summed E-state index contributed by atoms with van der Waals surface area (Å²) in [6.45, 7) is 0. The Morgan fingerprint density at radius 3 is 2.86 bits per heavy atom. The number of benzene rings is 1. The maximum absolute atomic E-state index is 12.0. The Balaban J connectivity index is 1.56. The van der Waals surface area contributed by atoms with Gasteiger partial charge in [-0.05, 0) is 47.8 Å². The molecule has 1 aliphatic rings. The van der Waals surface area contributed by atoms with E-state index >= 15 is 0 Å². The first-order chi connectivity index (χ1) is 10.8. The van der Waals surface area contributed by atoms with Crippen LogP contribution in [-0.4, -0.2) is 17.4 Å². The molecule has 1 aromatic heterocycles. The zero-order valence-electron chi connectivity index (χ0n) is 12.3. The van der Waals surface area contributed by atoms with Crippen molar-refractivity contribution in [2.45, 2.75) is 23.8 Å². The van der Waals surface area contributed by atoms with Crippen LogP contribution in [0.5, 0.6) is 0 Å². The zero-order chi connectivity index (χ0) is 15.2. The molecule has 3 rings (SSSR count). The molecule has 1 saturated heterocycles. The molecule has 0 bridgehead atoms. The third-order valence-electron chi connectivity index (χ3n) is 3.45. The molecule has 5 heteroatoms. The highest BCUT2D eigenvalue weighted by molar-refractivity contribution is 8.16. The van der Waals surface area contributed by atoms with E-state index in [4.69, 9.17) is 4.42 Å². The molecule has 116 valence electrons. The molecule has 2 aromatic rings. The van der Waals surface area contributed by atoms with Gasteiger partial charge in [0.15, 0.2) is 0 Å². The van der Waals surface area contributed by atoms with Crippen molar-refractivity contribution in [3.05, 3.63) is 54.0 Å². The third-order valence-corrected chi connectivity index (χ3v) is 6.46. The maximum Gasteiger partial charge on any atom is 0.224 e. The van der Waals surface area contributed by atoms with Crippen LogP contribution >= 0.6 is 23.5 Å². The second kappa shape index (κ2) is 7.79. The average molecular weight is 333 g/mol. The van der Waals surface area contributed by atoms with E-state index in [2.05, 4.69) is 17.4 Å². The van der Waals surface area contributed by atoms with Crippen LogP contribution in [0.3, 0.4) is 0 Å². The van der Waals surface area contributed by atoms with Crippen molar-refractivity contribution in [2.24, 2.45) is 0 Å². The zero-order valence-corrected chi connectivity index (χ0v) is 13.9. The number of rotatable bonds is 5. The fourth-order valence-electron chi connectivity index (χ4n) is 2.36. The molecule has 0 spiro atoms. The summed E-state index contributed by atoms with van der Waals surface area (Å²) >= 11 is 3.98. The van der Waals surface area contributed by atoms with Crippen LogP contribution in [-0.2, 0) is 11.2 Å². The molecular formula is C17H19NO2S2. The Morgan fingerprint density at radius 1 is 1.23 bits per heavy atom. The van der Waals surface area contributed by atoms with Gasteiger partial charge in [0, 0.05) is 18.5 Å². The Bertz CT molecular complexity index is 607. The molecule has 22 heavy (non-hydrogen) atoms. The standard InChI is InChI=1S/C17H19NO2S2/c19-16(8-7-15-6-2-9-20-15)18-14-5-1-4-13(12-14)17-21-10-3-11-22-17/h1-2,4-6,9,12,17H,3,7-8,10-11H2,(H,18,19). The first-order valence-corrected chi connectivity index (χ1v) is 9.56. The lowest BCUT2D eigenvalue weighted by Crippen LogP contribution is -2.12. The van der Waals surface area contributed by atoms with Gasteiger partial charge in [0.25, 0.3) is 0 Å². The Kier molecular flexibility index (Phi) is 5.51. The normalized spacial score (nSPS) is 15.6. The number of anilines is 1. The highest BCUT2D eigenvalue weighted by atomic mass is 32.2. The monoisotopic (exact) mass is 333 g/mol. The highest BCUT2D eigenvalue weighted by Gasteiger charge is 2.17. The van der Waals surface area contributed by atoms with Crippen molar-refractivity contribution < 1.29 is 9.21 Å². The van der Waals surface area contributed by atoms with Crippen molar-refractivity contribution in [2.75, 3.05) is 16.8 Å². The van der Waals surface area contributed by atoms with Gasteiger partial charge in [-0.15, -0.1) is 23.5 Å². The van der Waals surface area contributed by atoms with E-state index in [0.29, 0.717) is 17.4 Å². The molecule has 0 aliphatic carbocycles. The van der Waals surface area contributed by atoms with Gasteiger partial charge in [-0.1, -0.05) is 12.1 Å². The predicted octanol–water partition coefficient (Wildman–Crippen LogP) is 4.72. The van der Waals surface area contributed by atoms with E-state index in [0.717, 1.165) is 11.4 Å². The number of hydrogen-bond acceptors (Lipinski definition) is 4. The number of nitrogens with one attached hydrogen (secondary N) is 1. The highest BCUT2D eigenvalue weighted by Crippen LogP contribution is 2.44. The number of amides is 1. The molecule has 1 amide bonds. The summed E-state index contributed by atoms with van der Waals surface area (Å²) in [7, 11) is 0. The van der Waals surface area contributed by atoms with Gasteiger partial charge in [0.1, 0.15) is 5.76 Å². The van der Waals surface area contributed by atoms with Gasteiger partial charge in [-0.25, -0.2) is 0 Å². The van der Waals surface area contributed by atoms with E-state index in [9.17, 15) is 4.79 Å². The van der Waals surface area contributed by atoms with Gasteiger partial charge in [0.2, 0.25) is 5.91 Å². The van der Waals surface area contributed by atoms with Crippen molar-refractivity contribution in [3.63, 3.8) is 0 Å². The molecule has 0 saturated carbocycles. The number of aryl methyl sites for hydroxylation is 1. The molecule has 1 aromatic carbocycles. The number of furan rings is 1. The van der Waals surface area contributed by atoms with Crippen LogP contribution < -0.4 is 5.32 Å². The van der Waals surface area contributed by atoms with Gasteiger partial charge in [-0.3, -0.25) is 4.79 Å². The van der Waals surface area contributed by atoms with Crippen LogP contribution in [0.25, 0.3) is 0 Å². The minimum Gasteiger partial charge on any atom is -0.469 e. The van der Waals surface area contributed by atoms with Crippen molar-refractivity contribution >= 4 is 35.1 Å². The lowest BCUT2D eigenvalue weighted by Gasteiger charge is -2.21. The predicted molar refractivity (Wildman–Crippen MR) is 94.4 cm³/mol. The van der Waals surface area contributed by atoms with Gasteiger partial charge >= 0.3 is 0 Å². The van der Waals surface area contributed by atoms with Crippen molar-refractivity contribution in [3.8, 4) is 0 Å². The Morgan fingerprint density at radius 2 is 2.09 bits per heavy atom. The SMILES string of the molecule is O=C(CCc1ccco1)Nc1cccc(C2SCCCS2)c1. The minimum absolute atomic E-state index is 0.0255. The summed E-state index contributed by atoms with van der Waals surface area (Å²) in [5.41, 5.74) is 2.17. The van der Waals surface area contributed by atoms with Crippen LogP contribution in [0.1, 0.15) is 28.7 Å². The summed E-state index contributed by atoms with van der Waals surface area (Å²) in [4.78, 5) is 12.0. The van der Waals surface area contributed by atoms with E-state index in [-0.39, 0.29) is 5.91 Å². The van der Waals surface area contributed by atoms with E-state index in [1.807, 2.05) is 47.8 Å². The Labute approximate surface area is 139 Å². The summed E-state index contributed by atoms with van der Waals surface area (Å²) < 4.78 is 5.74. The van der Waals surface area contributed by atoms with E-state index in [1.165, 1.54) is 23.5 Å². The summed E-state index contributed by atoms with van der Waals surface area (Å²) in [5, 5.41) is 2.98. The minimum atomic E-state index is 0.0255. The smallest absolute Gasteiger partial charge is 0.224 e. The number of hydrogen-bond donors (Lipinski definition) is 1. The first kappa shape index (κ1) is 15.6. The molecular weight excluding hydrogens is 314 g/mol. The number of thioether (sulfide) groups is 2. The van der Waals surface area contributed by atoms with Crippen LogP contribution in [0.4, 0.5) is 5.69 Å². The largest absolute Gasteiger partial charge is 0.469 e. The second-order valence-corrected chi connectivity index (χ2v) is 7.90. The van der Waals surface area contributed by atoms with Crippen LogP contribution in [0.2, 0.25) is 0 Å². The molecule has 0 unspecified atom stereocenters. The lowest BCUT2D eigenvalue weighted by atomic mass is 10.2. The van der Waals surface area contributed by atoms with E-state index in [1.54, 1.807) is 6.26 Å². The summed E-state index contributed by atoms with van der Waals surface area (Å²) in [6.07, 6.45) is 3.99. The molecule has 2 heterocycles. The van der Waals surface area contributed by atoms with Gasteiger partial charge < -0.3 is 9.73 Å². The molecule has 1 fully saturated rings. The van der Waals surface area contributed by atoms with Gasteiger partial charge in [0.05, 0.1) is 10.8 Å². The molecule has 3 nitrogen and oxygen atoms in total. The molecule has 0 atom stereocenters. The van der Waals surface area contributed by atoms with Crippen LogP contribution in [0, 0.1) is 0 Å². The molecule has 1 N–H and O–H groups in total. The summed E-state index contributed by atoms with van der Waals surface area (Å²) in [6, 6.07) is 12.0. The Hall–Kier alpha value is -1.33.